The summed E-state index contributed by atoms with van der Waals surface area (Å²) in [6.45, 7) is 0. The summed E-state index contributed by atoms with van der Waals surface area (Å²) in [6.07, 6.45) is 0.536. The summed E-state index contributed by atoms with van der Waals surface area (Å²) < 4.78 is 24.1. The van der Waals surface area contributed by atoms with Crippen LogP contribution >= 0.6 is 11.3 Å². The molecule has 1 aromatic carbocycles. The molecular formula is C12H13NO2S2. The first-order valence-electron chi connectivity index (χ1n) is 5.19. The molecule has 2 N–H and O–H groups in total. The van der Waals surface area contributed by atoms with Crippen LogP contribution in [0.15, 0.2) is 46.7 Å². The fraction of sp³-hybridized carbons (Fsp3) is 0.167. The molecule has 0 atom stereocenters. The maximum Gasteiger partial charge on any atom is 0.180 e. The fourth-order valence-electron chi connectivity index (χ4n) is 1.56. The Bertz CT molecular complexity index is 589. The zero-order valence-electron chi connectivity index (χ0n) is 9.17. The van der Waals surface area contributed by atoms with Crippen LogP contribution in [-0.4, -0.2) is 14.2 Å². The number of para-hydroxylation sites is 1. The molecule has 0 unspecified atom stereocenters. The molecule has 0 spiro atoms. The second-order valence-corrected chi connectivity index (χ2v) is 6.80. The molecule has 0 amide bonds. The minimum absolute atomic E-state index is 0.0989. The van der Waals surface area contributed by atoms with Crippen molar-refractivity contribution in [2.24, 2.45) is 0 Å². The molecule has 0 fully saturated rings. The summed E-state index contributed by atoms with van der Waals surface area (Å²) >= 11 is 1.57. The van der Waals surface area contributed by atoms with Gasteiger partial charge in [0.15, 0.2) is 9.84 Å². The monoisotopic (exact) mass is 267 g/mol. The van der Waals surface area contributed by atoms with Crippen LogP contribution in [0.25, 0.3) is 0 Å². The van der Waals surface area contributed by atoms with Gasteiger partial charge in [-0.05, 0) is 30.0 Å². The van der Waals surface area contributed by atoms with E-state index in [1.807, 2.05) is 17.5 Å². The number of hydrogen-bond acceptors (Lipinski definition) is 4. The van der Waals surface area contributed by atoms with E-state index in [2.05, 4.69) is 0 Å². The molecule has 1 aromatic heterocycles. The summed E-state index contributed by atoms with van der Waals surface area (Å²) in [5, 5.41) is 1.94. The molecule has 0 aliphatic carbocycles. The van der Waals surface area contributed by atoms with E-state index in [1.54, 1.807) is 35.6 Å². The predicted octanol–water partition coefficient (Wildman–Crippen LogP) is 2.35. The summed E-state index contributed by atoms with van der Waals surface area (Å²) in [5.74, 6) is 0.0989. The van der Waals surface area contributed by atoms with Gasteiger partial charge in [-0.1, -0.05) is 18.2 Å². The number of anilines is 1. The van der Waals surface area contributed by atoms with Crippen LogP contribution in [-0.2, 0) is 16.3 Å². The van der Waals surface area contributed by atoms with Crippen molar-refractivity contribution in [2.75, 3.05) is 11.5 Å². The first-order valence-corrected chi connectivity index (χ1v) is 7.72. The summed E-state index contributed by atoms with van der Waals surface area (Å²) in [7, 11) is -3.29. The number of nitrogen functional groups attached to an aromatic ring is 1. The number of rotatable bonds is 4. The molecule has 0 saturated heterocycles. The number of nitrogens with two attached hydrogens (primary N) is 1. The van der Waals surface area contributed by atoms with E-state index in [1.165, 1.54) is 0 Å². The molecule has 0 aliphatic heterocycles. The number of hydrogen-bond donors (Lipinski definition) is 1. The quantitative estimate of drug-likeness (QED) is 0.865. The molecule has 2 rings (SSSR count). The van der Waals surface area contributed by atoms with E-state index in [4.69, 9.17) is 5.73 Å². The Labute approximate surface area is 105 Å². The van der Waals surface area contributed by atoms with Crippen molar-refractivity contribution in [1.82, 2.24) is 0 Å². The average Bonchev–Trinajstić information content (AvgIpc) is 2.80. The molecule has 5 heteroatoms. The molecule has 0 radical (unpaired) electrons. The third-order valence-electron chi connectivity index (χ3n) is 2.45. The summed E-state index contributed by atoms with van der Waals surface area (Å²) in [5.41, 5.74) is 6.00. The van der Waals surface area contributed by atoms with Crippen molar-refractivity contribution in [3.63, 3.8) is 0 Å². The van der Waals surface area contributed by atoms with Gasteiger partial charge >= 0.3 is 0 Å². The van der Waals surface area contributed by atoms with Gasteiger partial charge in [0.2, 0.25) is 0 Å². The van der Waals surface area contributed by atoms with Gasteiger partial charge in [-0.2, -0.15) is 0 Å². The van der Waals surface area contributed by atoms with Crippen molar-refractivity contribution in [2.45, 2.75) is 11.3 Å². The van der Waals surface area contributed by atoms with Crippen LogP contribution < -0.4 is 5.73 Å². The van der Waals surface area contributed by atoms with Gasteiger partial charge in [0.1, 0.15) is 0 Å². The largest absolute Gasteiger partial charge is 0.398 e. The predicted molar refractivity (Wildman–Crippen MR) is 70.9 cm³/mol. The van der Waals surface area contributed by atoms with E-state index in [0.717, 1.165) is 4.88 Å². The van der Waals surface area contributed by atoms with Crippen molar-refractivity contribution in [3.8, 4) is 0 Å². The van der Waals surface area contributed by atoms with E-state index in [0.29, 0.717) is 12.1 Å². The van der Waals surface area contributed by atoms with E-state index in [-0.39, 0.29) is 10.6 Å². The van der Waals surface area contributed by atoms with Crippen molar-refractivity contribution in [1.29, 1.82) is 0 Å². The first kappa shape index (κ1) is 12.1. The van der Waals surface area contributed by atoms with Crippen molar-refractivity contribution in [3.05, 3.63) is 46.7 Å². The van der Waals surface area contributed by atoms with Gasteiger partial charge in [-0.15, -0.1) is 11.3 Å². The lowest BCUT2D eigenvalue weighted by Crippen LogP contribution is -2.10. The first-order chi connectivity index (χ1) is 8.09. The Morgan fingerprint density at radius 3 is 2.53 bits per heavy atom. The molecule has 17 heavy (non-hydrogen) atoms. The average molecular weight is 267 g/mol. The molecule has 0 saturated carbocycles. The topological polar surface area (TPSA) is 60.2 Å². The zero-order valence-corrected chi connectivity index (χ0v) is 10.8. The lowest BCUT2D eigenvalue weighted by atomic mass is 10.3. The van der Waals surface area contributed by atoms with Crippen LogP contribution in [0.5, 0.6) is 0 Å². The van der Waals surface area contributed by atoms with E-state index < -0.39 is 9.84 Å². The highest BCUT2D eigenvalue weighted by Gasteiger charge is 2.17. The van der Waals surface area contributed by atoms with Crippen LogP contribution in [0.2, 0.25) is 0 Å². The van der Waals surface area contributed by atoms with Crippen molar-refractivity contribution < 1.29 is 8.42 Å². The Hall–Kier alpha value is -1.33. The second-order valence-electron chi connectivity index (χ2n) is 3.69. The molecule has 90 valence electrons. The minimum Gasteiger partial charge on any atom is -0.398 e. The van der Waals surface area contributed by atoms with E-state index >= 15 is 0 Å². The highest BCUT2D eigenvalue weighted by Crippen LogP contribution is 2.20. The maximum absolute atomic E-state index is 12.1. The maximum atomic E-state index is 12.1. The highest BCUT2D eigenvalue weighted by molar-refractivity contribution is 7.91. The van der Waals surface area contributed by atoms with Gasteiger partial charge < -0.3 is 5.73 Å². The van der Waals surface area contributed by atoms with Crippen molar-refractivity contribution >= 4 is 26.9 Å². The van der Waals surface area contributed by atoms with Gasteiger partial charge in [0, 0.05) is 4.88 Å². The molecule has 0 aliphatic rings. The van der Waals surface area contributed by atoms with Gasteiger partial charge in [-0.25, -0.2) is 8.42 Å². The third kappa shape index (κ3) is 2.87. The van der Waals surface area contributed by atoms with Crippen LogP contribution in [0.1, 0.15) is 4.88 Å². The molecule has 0 bridgehead atoms. The molecule has 1 heterocycles. The van der Waals surface area contributed by atoms with Gasteiger partial charge in [0.25, 0.3) is 0 Å². The highest BCUT2D eigenvalue weighted by atomic mass is 32.2. The Balaban J connectivity index is 2.17. The number of thiophene rings is 1. The number of aryl methyl sites for hydroxylation is 1. The Kier molecular flexibility index (Phi) is 3.49. The molecular weight excluding hydrogens is 254 g/mol. The fourth-order valence-corrected chi connectivity index (χ4v) is 3.82. The minimum atomic E-state index is -3.29. The number of benzene rings is 1. The lowest BCUT2D eigenvalue weighted by Gasteiger charge is -2.06. The third-order valence-corrected chi connectivity index (χ3v) is 5.17. The van der Waals surface area contributed by atoms with Gasteiger partial charge in [-0.3, -0.25) is 0 Å². The van der Waals surface area contributed by atoms with E-state index in [9.17, 15) is 8.42 Å². The van der Waals surface area contributed by atoms with Crippen LogP contribution in [0.4, 0.5) is 5.69 Å². The summed E-state index contributed by atoms with van der Waals surface area (Å²) in [4.78, 5) is 1.31. The lowest BCUT2D eigenvalue weighted by molar-refractivity contribution is 0.596. The Morgan fingerprint density at radius 1 is 1.12 bits per heavy atom. The SMILES string of the molecule is Nc1ccccc1S(=O)(=O)CCc1cccs1. The smallest absolute Gasteiger partial charge is 0.180 e. The van der Waals surface area contributed by atoms with Gasteiger partial charge in [0.05, 0.1) is 16.3 Å². The molecule has 3 nitrogen and oxygen atoms in total. The molecule has 2 aromatic rings. The number of sulfone groups is 1. The van der Waals surface area contributed by atoms with Crippen LogP contribution in [0.3, 0.4) is 0 Å². The normalized spacial score (nSPS) is 11.5. The zero-order chi connectivity index (χ0) is 12.3. The second kappa shape index (κ2) is 4.89. The Morgan fingerprint density at radius 2 is 1.88 bits per heavy atom. The summed E-state index contributed by atoms with van der Waals surface area (Å²) in [6, 6.07) is 10.4. The standard InChI is InChI=1S/C12H13NO2S2/c13-11-5-1-2-6-12(11)17(14,15)9-7-10-4-3-8-16-10/h1-6,8H,7,9,13H2. The van der Waals surface area contributed by atoms with Crippen LogP contribution in [0, 0.1) is 0 Å².